The monoisotopic (exact) mass is 405 g/mol. The summed E-state index contributed by atoms with van der Waals surface area (Å²) in [6, 6.07) is 14.2. The van der Waals surface area contributed by atoms with Crippen LogP contribution in [0.4, 0.5) is 5.69 Å². The molecule has 1 N–H and O–H groups in total. The molecule has 26 heavy (non-hydrogen) atoms. The van der Waals surface area contributed by atoms with Crippen LogP contribution in [0.3, 0.4) is 0 Å². The van der Waals surface area contributed by atoms with Crippen LogP contribution >= 0.6 is 34.8 Å². The van der Waals surface area contributed by atoms with E-state index in [1.807, 2.05) is 31.2 Å². The number of amides is 1. The third-order valence-corrected chi connectivity index (χ3v) is 4.82. The van der Waals surface area contributed by atoms with Crippen molar-refractivity contribution in [3.05, 3.63) is 81.0 Å². The highest BCUT2D eigenvalue weighted by Crippen LogP contribution is 2.27. The van der Waals surface area contributed by atoms with E-state index in [9.17, 15) is 4.79 Å². The lowest BCUT2D eigenvalue weighted by Crippen LogP contribution is -2.07. The first-order valence-corrected chi connectivity index (χ1v) is 8.86. The van der Waals surface area contributed by atoms with Crippen molar-refractivity contribution in [1.29, 1.82) is 0 Å². The maximum Gasteiger partial charge on any atom is 0.248 e. The van der Waals surface area contributed by atoms with Crippen LogP contribution in [0.25, 0.3) is 17.4 Å². The van der Waals surface area contributed by atoms with Crippen LogP contribution in [0.2, 0.25) is 15.1 Å². The van der Waals surface area contributed by atoms with Gasteiger partial charge in [-0.25, -0.2) is 0 Å². The molecule has 0 unspecified atom stereocenters. The Kier molecular flexibility index (Phi) is 5.72. The molecule has 1 aromatic heterocycles. The molecule has 0 atom stereocenters. The first-order valence-electron chi connectivity index (χ1n) is 7.73. The molecule has 3 nitrogen and oxygen atoms in total. The summed E-state index contributed by atoms with van der Waals surface area (Å²) in [5, 5.41) is 4.19. The normalized spacial score (nSPS) is 11.1. The van der Waals surface area contributed by atoms with Gasteiger partial charge in [-0.05, 0) is 55.0 Å². The molecule has 0 aliphatic heterocycles. The maximum absolute atomic E-state index is 12.0. The van der Waals surface area contributed by atoms with Gasteiger partial charge >= 0.3 is 0 Å². The Labute approximate surface area is 166 Å². The fourth-order valence-electron chi connectivity index (χ4n) is 2.26. The molecule has 2 aromatic carbocycles. The van der Waals surface area contributed by atoms with Crippen molar-refractivity contribution < 1.29 is 9.21 Å². The van der Waals surface area contributed by atoms with Gasteiger partial charge in [0.2, 0.25) is 5.91 Å². The van der Waals surface area contributed by atoms with Crippen molar-refractivity contribution in [2.24, 2.45) is 0 Å². The predicted molar refractivity (Wildman–Crippen MR) is 108 cm³/mol. The number of hydrogen-bond acceptors (Lipinski definition) is 2. The second kappa shape index (κ2) is 8.00. The Bertz CT molecular complexity index is 992. The topological polar surface area (TPSA) is 42.2 Å². The summed E-state index contributed by atoms with van der Waals surface area (Å²) >= 11 is 17.9. The van der Waals surface area contributed by atoms with E-state index in [-0.39, 0.29) is 5.91 Å². The molecule has 0 bridgehead atoms. The van der Waals surface area contributed by atoms with Crippen molar-refractivity contribution in [3.8, 4) is 11.3 Å². The van der Waals surface area contributed by atoms with Crippen LogP contribution in [-0.2, 0) is 4.79 Å². The first kappa shape index (κ1) is 18.6. The number of carbonyl (C=O) groups is 1. The number of furan rings is 1. The Morgan fingerprint density at radius 1 is 0.962 bits per heavy atom. The molecular formula is C20H14Cl3NO2. The number of hydrogen-bond donors (Lipinski definition) is 1. The van der Waals surface area contributed by atoms with Crippen LogP contribution < -0.4 is 5.32 Å². The van der Waals surface area contributed by atoms with Crippen LogP contribution in [0.15, 0.2) is 59.0 Å². The van der Waals surface area contributed by atoms with E-state index >= 15 is 0 Å². The Morgan fingerprint density at radius 2 is 1.77 bits per heavy atom. The van der Waals surface area contributed by atoms with Crippen LogP contribution in [0.5, 0.6) is 0 Å². The number of halogens is 3. The molecule has 0 fully saturated rings. The summed E-state index contributed by atoms with van der Waals surface area (Å²) < 4.78 is 5.74. The molecule has 132 valence electrons. The zero-order valence-electron chi connectivity index (χ0n) is 13.7. The fourth-order valence-corrected chi connectivity index (χ4v) is 2.74. The quantitative estimate of drug-likeness (QED) is 0.480. The van der Waals surface area contributed by atoms with Gasteiger partial charge in [0.05, 0.1) is 10.0 Å². The Balaban J connectivity index is 1.68. The number of rotatable bonds is 4. The van der Waals surface area contributed by atoms with Crippen LogP contribution in [-0.4, -0.2) is 5.91 Å². The summed E-state index contributed by atoms with van der Waals surface area (Å²) in [6.07, 6.45) is 2.97. The zero-order chi connectivity index (χ0) is 18.7. The molecule has 3 aromatic rings. The molecule has 0 saturated carbocycles. The molecule has 1 amide bonds. The maximum atomic E-state index is 12.0. The highest BCUT2D eigenvalue weighted by Gasteiger charge is 2.06. The molecule has 3 rings (SSSR count). The van der Waals surface area contributed by atoms with Crippen molar-refractivity contribution in [1.82, 2.24) is 0 Å². The largest absolute Gasteiger partial charge is 0.457 e. The average molecular weight is 407 g/mol. The number of nitrogens with one attached hydrogen (secondary N) is 1. The highest BCUT2D eigenvalue weighted by molar-refractivity contribution is 6.42. The SMILES string of the molecule is Cc1ccc(-c2ccc(C=CC(=O)Nc3ccc(Cl)c(Cl)c3)o2)cc1Cl. The second-order valence-corrected chi connectivity index (χ2v) is 6.84. The van der Waals surface area contributed by atoms with Crippen LogP contribution in [0, 0.1) is 6.92 Å². The smallest absolute Gasteiger partial charge is 0.248 e. The van der Waals surface area contributed by atoms with E-state index in [1.54, 1.807) is 30.3 Å². The lowest BCUT2D eigenvalue weighted by Gasteiger charge is -2.03. The zero-order valence-corrected chi connectivity index (χ0v) is 16.0. The van der Waals surface area contributed by atoms with E-state index in [1.165, 1.54) is 6.08 Å². The van der Waals surface area contributed by atoms with Gasteiger partial charge in [-0.1, -0.05) is 46.9 Å². The van der Waals surface area contributed by atoms with Gasteiger partial charge in [0.15, 0.2) is 0 Å². The first-order chi connectivity index (χ1) is 12.4. The van der Waals surface area contributed by atoms with Crippen LogP contribution in [0.1, 0.15) is 11.3 Å². The van der Waals surface area contributed by atoms with Crippen molar-refractivity contribution in [2.75, 3.05) is 5.32 Å². The fraction of sp³-hybridized carbons (Fsp3) is 0.0500. The third-order valence-electron chi connectivity index (χ3n) is 3.67. The van der Waals surface area contributed by atoms with E-state index in [0.29, 0.717) is 32.3 Å². The molecule has 6 heteroatoms. The lowest BCUT2D eigenvalue weighted by atomic mass is 10.1. The van der Waals surface area contributed by atoms with E-state index < -0.39 is 0 Å². The summed E-state index contributed by atoms with van der Waals surface area (Å²) in [6.45, 7) is 1.94. The minimum absolute atomic E-state index is 0.306. The van der Waals surface area contributed by atoms with E-state index in [4.69, 9.17) is 39.2 Å². The molecule has 0 aliphatic carbocycles. The Morgan fingerprint density at radius 3 is 2.50 bits per heavy atom. The van der Waals surface area contributed by atoms with Gasteiger partial charge in [-0.2, -0.15) is 0 Å². The van der Waals surface area contributed by atoms with Crippen molar-refractivity contribution in [2.45, 2.75) is 6.92 Å². The molecule has 0 spiro atoms. The molecule has 0 saturated heterocycles. The van der Waals surface area contributed by atoms with Gasteiger partial charge in [-0.3, -0.25) is 4.79 Å². The molecule has 0 aliphatic rings. The summed E-state index contributed by atoms with van der Waals surface area (Å²) in [5.74, 6) is 0.928. The predicted octanol–water partition coefficient (Wildman–Crippen LogP) is 6.87. The summed E-state index contributed by atoms with van der Waals surface area (Å²) in [5.41, 5.74) is 2.44. The van der Waals surface area contributed by atoms with Crippen molar-refractivity contribution in [3.63, 3.8) is 0 Å². The lowest BCUT2D eigenvalue weighted by molar-refractivity contribution is -0.111. The Hall–Kier alpha value is -2.20. The molecular weight excluding hydrogens is 393 g/mol. The summed E-state index contributed by atoms with van der Waals surface area (Å²) in [4.78, 5) is 12.0. The summed E-state index contributed by atoms with van der Waals surface area (Å²) in [7, 11) is 0. The molecule has 1 heterocycles. The highest BCUT2D eigenvalue weighted by atomic mass is 35.5. The number of carbonyl (C=O) groups excluding carboxylic acids is 1. The third kappa shape index (κ3) is 4.50. The standard InChI is InChI=1S/C20H14Cl3NO2/c1-12-2-3-13(10-17(12)22)19-8-5-15(26-19)6-9-20(25)24-14-4-7-16(21)18(23)11-14/h2-11H,1H3,(H,24,25). The minimum Gasteiger partial charge on any atom is -0.457 e. The number of benzene rings is 2. The number of anilines is 1. The van der Waals surface area contributed by atoms with Gasteiger partial charge in [-0.15, -0.1) is 0 Å². The minimum atomic E-state index is -0.306. The average Bonchev–Trinajstić information content (AvgIpc) is 3.08. The van der Waals surface area contributed by atoms with Gasteiger partial charge in [0.1, 0.15) is 11.5 Å². The van der Waals surface area contributed by atoms with Gasteiger partial charge < -0.3 is 9.73 Å². The van der Waals surface area contributed by atoms with Gasteiger partial charge in [0.25, 0.3) is 0 Å². The second-order valence-electron chi connectivity index (χ2n) is 5.62. The number of aryl methyl sites for hydroxylation is 1. The molecule has 0 radical (unpaired) electrons. The van der Waals surface area contributed by atoms with Crippen molar-refractivity contribution >= 4 is 52.5 Å². The van der Waals surface area contributed by atoms with Gasteiger partial charge in [0, 0.05) is 22.3 Å². The van der Waals surface area contributed by atoms with E-state index in [2.05, 4.69) is 5.32 Å². The van der Waals surface area contributed by atoms with E-state index in [0.717, 1.165) is 11.1 Å².